The zero-order chi connectivity index (χ0) is 4.12. The third kappa shape index (κ3) is 8.82. The number of hydrogen-bond acceptors (Lipinski definition) is 0. The summed E-state index contributed by atoms with van der Waals surface area (Å²) < 4.78 is 0. The molecule has 1 radical (unpaired) electrons. The van der Waals surface area contributed by atoms with Gasteiger partial charge >= 0.3 is 17.6 Å². The van der Waals surface area contributed by atoms with Gasteiger partial charge in [-0.3, -0.25) is 0 Å². The summed E-state index contributed by atoms with van der Waals surface area (Å²) in [5.74, 6) is 0. The van der Waals surface area contributed by atoms with Crippen molar-refractivity contribution in [2.45, 2.75) is 26.2 Å². The third-order valence-corrected chi connectivity index (χ3v) is 0.604. The molecule has 0 N–H and O–H groups in total. The Bertz CT molecular complexity index is 11.4. The Kier molecular flexibility index (Phi) is 14.8. The van der Waals surface area contributed by atoms with Gasteiger partial charge in [-0.15, -0.1) is 0 Å². The van der Waals surface area contributed by atoms with Gasteiger partial charge in [0.25, 0.3) is 0 Å². The van der Waals surface area contributed by atoms with Gasteiger partial charge in [0, 0.05) is 0 Å². The van der Waals surface area contributed by atoms with Crippen molar-refractivity contribution in [3.05, 3.63) is 6.92 Å². The van der Waals surface area contributed by atoms with Crippen LogP contribution in [0.5, 0.6) is 0 Å². The fourth-order valence-electron chi connectivity index (χ4n) is 0.250. The Morgan fingerprint density at radius 2 is 2.00 bits per heavy atom. The quantitative estimate of drug-likeness (QED) is 0.501. The van der Waals surface area contributed by atoms with Gasteiger partial charge in [0.05, 0.1) is 0 Å². The Morgan fingerprint density at radius 1 is 1.50 bits per heavy atom. The first-order chi connectivity index (χ1) is 2.41. The van der Waals surface area contributed by atoms with Gasteiger partial charge in [-0.05, 0) is 0 Å². The van der Waals surface area contributed by atoms with Gasteiger partial charge in [-0.25, -0.2) is 0 Å². The number of unbranched alkanes of at least 4 members (excludes halogenated alkanes) is 2. The van der Waals surface area contributed by atoms with Gasteiger partial charge in [-0.1, -0.05) is 33.1 Å². The molecule has 0 atom stereocenters. The fraction of sp³-hybridized carbons (Fsp3) is 0.800. The first-order valence-electron chi connectivity index (χ1n) is 2.21. The molecule has 0 heterocycles. The molecule has 39 valence electrons. The van der Waals surface area contributed by atoms with E-state index in [1.165, 1.54) is 12.8 Å². The molecule has 6 heavy (non-hydrogen) atoms. The predicted molar refractivity (Wildman–Crippen MR) is 36.2 cm³/mol. The molecule has 0 aromatic carbocycles. The summed E-state index contributed by atoms with van der Waals surface area (Å²) in [7, 11) is 0. The molecule has 1 heteroatoms. The van der Waals surface area contributed by atoms with Crippen LogP contribution in [0.15, 0.2) is 0 Å². The predicted octanol–water partition coefficient (Wildman–Crippen LogP) is 0.559. The van der Waals surface area contributed by atoms with Crippen molar-refractivity contribution in [1.82, 2.24) is 0 Å². The second-order valence-electron chi connectivity index (χ2n) is 1.21. The topological polar surface area (TPSA) is 0 Å². The molecule has 0 aliphatic rings. The molecule has 0 rings (SSSR count). The summed E-state index contributed by atoms with van der Waals surface area (Å²) in [6.07, 6.45) is 3.65. The van der Waals surface area contributed by atoms with E-state index in [0.29, 0.717) is 0 Å². The summed E-state index contributed by atoms with van der Waals surface area (Å²) >= 11 is 0. The number of rotatable bonds is 2. The molecular weight excluding hydrogens is 133 g/mol. The van der Waals surface area contributed by atoms with Crippen LogP contribution in [-0.2, 0) is 0 Å². The van der Waals surface area contributed by atoms with Crippen molar-refractivity contribution in [1.29, 1.82) is 0 Å². The van der Waals surface area contributed by atoms with Gasteiger partial charge in [-0.2, -0.15) is 0 Å². The van der Waals surface area contributed by atoms with Crippen LogP contribution in [-0.4, -0.2) is 17.6 Å². The summed E-state index contributed by atoms with van der Waals surface area (Å²) in [6.45, 7) is 5.85. The molecule has 0 saturated carbocycles. The van der Waals surface area contributed by atoms with E-state index in [1.54, 1.807) is 0 Å². The summed E-state index contributed by atoms with van der Waals surface area (Å²) in [5.41, 5.74) is 0. The molecular formula is C5H15Ge. The van der Waals surface area contributed by atoms with E-state index in [-0.39, 0.29) is 17.6 Å². The van der Waals surface area contributed by atoms with E-state index in [0.717, 1.165) is 6.42 Å². The first kappa shape index (κ1) is 9.74. The zero-order valence-corrected chi connectivity index (χ0v) is 3.83. The summed E-state index contributed by atoms with van der Waals surface area (Å²) in [4.78, 5) is 0. The molecule has 0 amide bonds. The monoisotopic (exact) mass is 149 g/mol. The van der Waals surface area contributed by atoms with Crippen LogP contribution in [0.1, 0.15) is 26.2 Å². The van der Waals surface area contributed by atoms with Gasteiger partial charge in [0.15, 0.2) is 0 Å². The van der Waals surface area contributed by atoms with Gasteiger partial charge in [0.1, 0.15) is 0 Å². The average molecular weight is 148 g/mol. The molecule has 0 aliphatic heterocycles. The fourth-order valence-corrected chi connectivity index (χ4v) is 0.250. The standard InChI is InChI=1S/C5H11.GeH4/c1-3-5-4-2;/h1,3-5H2,2H3;1H4. The van der Waals surface area contributed by atoms with E-state index < -0.39 is 0 Å². The van der Waals surface area contributed by atoms with Crippen LogP contribution in [0.25, 0.3) is 0 Å². The van der Waals surface area contributed by atoms with Crippen molar-refractivity contribution in [3.63, 3.8) is 0 Å². The maximum atomic E-state index is 3.68. The Labute approximate surface area is 51.3 Å². The maximum absolute atomic E-state index is 3.68. The zero-order valence-electron chi connectivity index (χ0n) is 3.83. The number of hydrogen-bond donors (Lipinski definition) is 0. The minimum atomic E-state index is 0. The Morgan fingerprint density at radius 3 is 2.00 bits per heavy atom. The van der Waals surface area contributed by atoms with Crippen LogP contribution in [0.4, 0.5) is 0 Å². The van der Waals surface area contributed by atoms with Crippen molar-refractivity contribution < 1.29 is 0 Å². The molecule has 0 saturated heterocycles. The Hall–Kier alpha value is 0.543. The van der Waals surface area contributed by atoms with E-state index in [1.807, 2.05) is 0 Å². The van der Waals surface area contributed by atoms with Crippen LogP contribution in [0.2, 0.25) is 0 Å². The molecule has 0 aliphatic carbocycles. The molecule has 0 spiro atoms. The van der Waals surface area contributed by atoms with Crippen molar-refractivity contribution in [2.24, 2.45) is 0 Å². The van der Waals surface area contributed by atoms with Crippen LogP contribution >= 0.6 is 0 Å². The second kappa shape index (κ2) is 9.11. The molecule has 0 nitrogen and oxygen atoms in total. The van der Waals surface area contributed by atoms with E-state index in [9.17, 15) is 0 Å². The van der Waals surface area contributed by atoms with Gasteiger partial charge in [0.2, 0.25) is 0 Å². The average Bonchev–Trinajstić information content (AvgIpc) is 1.41. The van der Waals surface area contributed by atoms with Crippen molar-refractivity contribution in [3.8, 4) is 0 Å². The van der Waals surface area contributed by atoms with Crippen molar-refractivity contribution in [2.75, 3.05) is 0 Å². The summed E-state index contributed by atoms with van der Waals surface area (Å²) in [6, 6.07) is 0. The van der Waals surface area contributed by atoms with Gasteiger partial charge < -0.3 is 0 Å². The molecule has 0 bridgehead atoms. The van der Waals surface area contributed by atoms with Crippen molar-refractivity contribution >= 4 is 17.6 Å². The second-order valence-corrected chi connectivity index (χ2v) is 1.21. The molecule has 0 unspecified atom stereocenters. The van der Waals surface area contributed by atoms with Crippen LogP contribution in [0.3, 0.4) is 0 Å². The Balaban J connectivity index is 0. The molecule has 0 fully saturated rings. The summed E-state index contributed by atoms with van der Waals surface area (Å²) in [5, 5.41) is 0. The SMILES string of the molecule is [CH2]CCCC.[GeH4]. The van der Waals surface area contributed by atoms with Crippen LogP contribution < -0.4 is 0 Å². The third-order valence-electron chi connectivity index (χ3n) is 0.604. The van der Waals surface area contributed by atoms with Crippen LogP contribution in [0, 0.1) is 6.92 Å². The molecule has 0 aromatic rings. The molecule has 0 aromatic heterocycles. The van der Waals surface area contributed by atoms with E-state index in [4.69, 9.17) is 0 Å². The van der Waals surface area contributed by atoms with E-state index in [2.05, 4.69) is 13.8 Å². The minimum absolute atomic E-state index is 0. The normalized spacial score (nSPS) is 7.00. The van der Waals surface area contributed by atoms with E-state index >= 15 is 0 Å². The first-order valence-corrected chi connectivity index (χ1v) is 2.21.